The number of pyridine rings is 2. The molecule has 4 rings (SSSR count). The summed E-state index contributed by atoms with van der Waals surface area (Å²) in [5, 5.41) is 25.4. The minimum absolute atomic E-state index is 0.115. The Balaban J connectivity index is 0.000000176. The lowest BCUT2D eigenvalue weighted by atomic mass is 10.1. The van der Waals surface area contributed by atoms with Crippen LogP contribution in [0.4, 0.5) is 11.4 Å². The maximum absolute atomic E-state index is 10.9. The van der Waals surface area contributed by atoms with E-state index in [9.17, 15) is 20.2 Å². The molecule has 0 atom stereocenters. The van der Waals surface area contributed by atoms with Gasteiger partial charge in [-0.05, 0) is 61.7 Å². The van der Waals surface area contributed by atoms with Crippen LogP contribution in [-0.2, 0) is 5.33 Å². The van der Waals surface area contributed by atoms with Crippen LogP contribution in [0, 0.1) is 27.2 Å². The van der Waals surface area contributed by atoms with Crippen LogP contribution >= 0.6 is 47.8 Å². The molecule has 0 spiro atoms. The molecular formula is C20H13Br3N4O4. The van der Waals surface area contributed by atoms with E-state index in [1.165, 1.54) is 0 Å². The average Bonchev–Trinajstić information content (AvgIpc) is 2.73. The average molecular weight is 613 g/mol. The van der Waals surface area contributed by atoms with Gasteiger partial charge >= 0.3 is 0 Å². The molecular weight excluding hydrogens is 600 g/mol. The zero-order chi connectivity index (χ0) is 22.7. The van der Waals surface area contributed by atoms with E-state index in [1.54, 1.807) is 56.0 Å². The van der Waals surface area contributed by atoms with Crippen molar-refractivity contribution in [3.8, 4) is 0 Å². The Bertz CT molecular complexity index is 1330. The van der Waals surface area contributed by atoms with E-state index < -0.39 is 0 Å². The monoisotopic (exact) mass is 610 g/mol. The highest BCUT2D eigenvalue weighted by molar-refractivity contribution is 9.11. The lowest BCUT2D eigenvalue weighted by molar-refractivity contribution is -0.385. The normalized spacial score (nSPS) is 10.6. The number of hydrogen-bond donors (Lipinski definition) is 0. The summed E-state index contributed by atoms with van der Waals surface area (Å²) in [5.74, 6) is 0. The SMILES string of the molecule is Cc1cc2c(Br)cncc2cc1[N+](=O)[O-].O=[N+]([O-])c1cc2cncc(Br)c2cc1CBr. The van der Waals surface area contributed by atoms with Crippen molar-refractivity contribution in [2.45, 2.75) is 12.3 Å². The number of alkyl halides is 1. The Morgan fingerprint density at radius 1 is 0.806 bits per heavy atom. The maximum atomic E-state index is 10.9. The maximum Gasteiger partial charge on any atom is 0.274 e. The molecule has 4 aromatic rings. The first-order valence-corrected chi connectivity index (χ1v) is 11.4. The summed E-state index contributed by atoms with van der Waals surface area (Å²) >= 11 is 9.99. The number of nitro groups is 2. The lowest BCUT2D eigenvalue weighted by Gasteiger charge is -2.03. The minimum atomic E-state index is -0.379. The fraction of sp³-hybridized carbons (Fsp3) is 0.100. The molecule has 2 heterocycles. The zero-order valence-electron chi connectivity index (χ0n) is 15.9. The fourth-order valence-corrected chi connectivity index (χ4v) is 4.34. The number of hydrogen-bond acceptors (Lipinski definition) is 6. The van der Waals surface area contributed by atoms with Crippen LogP contribution < -0.4 is 0 Å². The molecule has 11 heteroatoms. The molecule has 0 saturated heterocycles. The fourth-order valence-electron chi connectivity index (χ4n) is 2.97. The summed E-state index contributed by atoms with van der Waals surface area (Å²) in [6, 6.07) is 6.68. The molecule has 0 N–H and O–H groups in total. The minimum Gasteiger partial charge on any atom is -0.263 e. The van der Waals surface area contributed by atoms with Crippen LogP contribution in [0.25, 0.3) is 21.5 Å². The quantitative estimate of drug-likeness (QED) is 0.140. The Morgan fingerprint density at radius 2 is 1.29 bits per heavy atom. The van der Waals surface area contributed by atoms with Crippen LogP contribution in [0.1, 0.15) is 11.1 Å². The largest absolute Gasteiger partial charge is 0.274 e. The molecule has 0 bridgehead atoms. The van der Waals surface area contributed by atoms with E-state index in [4.69, 9.17) is 0 Å². The summed E-state index contributed by atoms with van der Waals surface area (Å²) in [5.41, 5.74) is 1.55. The van der Waals surface area contributed by atoms with Gasteiger partial charge in [-0.15, -0.1) is 0 Å². The Kier molecular flexibility index (Phi) is 7.29. The standard InChI is InChI=1S/C10H6Br2N2O2.C10H7BrN2O2/c11-3-6-1-8-7(2-10(6)14(15)16)4-13-5-9(8)12;1-6-2-8-7(3-10(6)13(14)15)4-12-5-9(8)11/h1-2,4-5H,3H2;2-5H,1H3. The smallest absolute Gasteiger partial charge is 0.263 e. The molecule has 0 amide bonds. The Hall–Kier alpha value is -2.50. The van der Waals surface area contributed by atoms with Gasteiger partial charge in [-0.25, -0.2) is 0 Å². The second-order valence-electron chi connectivity index (χ2n) is 6.45. The van der Waals surface area contributed by atoms with Crippen molar-refractivity contribution in [3.05, 3.63) is 89.4 Å². The van der Waals surface area contributed by atoms with E-state index in [2.05, 4.69) is 57.8 Å². The molecule has 0 aliphatic carbocycles. The van der Waals surface area contributed by atoms with Crippen LogP contribution in [0.3, 0.4) is 0 Å². The summed E-state index contributed by atoms with van der Waals surface area (Å²) in [6.45, 7) is 1.73. The first-order chi connectivity index (χ1) is 14.7. The van der Waals surface area contributed by atoms with Gasteiger partial charge in [-0.2, -0.15) is 0 Å². The Morgan fingerprint density at radius 3 is 1.77 bits per heavy atom. The molecule has 31 heavy (non-hydrogen) atoms. The van der Waals surface area contributed by atoms with E-state index in [0.717, 1.165) is 30.5 Å². The number of aromatic nitrogens is 2. The molecule has 158 valence electrons. The van der Waals surface area contributed by atoms with Crippen molar-refractivity contribution in [1.29, 1.82) is 0 Å². The highest BCUT2D eigenvalue weighted by atomic mass is 79.9. The summed E-state index contributed by atoms with van der Waals surface area (Å²) in [7, 11) is 0. The van der Waals surface area contributed by atoms with Gasteiger partial charge in [0.2, 0.25) is 0 Å². The van der Waals surface area contributed by atoms with Crippen LogP contribution in [-0.4, -0.2) is 19.8 Å². The molecule has 0 unspecified atom stereocenters. The number of fused-ring (bicyclic) bond motifs is 2. The van der Waals surface area contributed by atoms with E-state index in [1.807, 2.05) is 0 Å². The molecule has 0 fully saturated rings. The molecule has 0 radical (unpaired) electrons. The van der Waals surface area contributed by atoms with E-state index >= 15 is 0 Å². The number of rotatable bonds is 3. The number of aryl methyl sites for hydroxylation is 1. The molecule has 2 aromatic heterocycles. The topological polar surface area (TPSA) is 112 Å². The van der Waals surface area contributed by atoms with Crippen molar-refractivity contribution < 1.29 is 9.85 Å². The van der Waals surface area contributed by atoms with Crippen LogP contribution in [0.5, 0.6) is 0 Å². The Labute approximate surface area is 201 Å². The van der Waals surface area contributed by atoms with Gasteiger partial charge in [0.15, 0.2) is 0 Å². The molecule has 0 saturated carbocycles. The summed E-state index contributed by atoms with van der Waals surface area (Å²) < 4.78 is 1.68. The first-order valence-electron chi connectivity index (χ1n) is 8.67. The van der Waals surface area contributed by atoms with Crippen molar-refractivity contribution in [2.75, 3.05) is 0 Å². The van der Waals surface area contributed by atoms with E-state index in [0.29, 0.717) is 16.5 Å². The third-order valence-electron chi connectivity index (χ3n) is 4.47. The second kappa shape index (κ2) is 9.75. The number of nitro benzene ring substituents is 2. The van der Waals surface area contributed by atoms with Crippen LogP contribution in [0.2, 0.25) is 0 Å². The van der Waals surface area contributed by atoms with Crippen molar-refractivity contribution >= 4 is 80.7 Å². The summed E-state index contributed by atoms with van der Waals surface area (Å²) in [6.07, 6.45) is 6.58. The number of benzene rings is 2. The van der Waals surface area contributed by atoms with Crippen molar-refractivity contribution in [2.24, 2.45) is 0 Å². The van der Waals surface area contributed by atoms with Gasteiger partial charge in [0.1, 0.15) is 0 Å². The molecule has 8 nitrogen and oxygen atoms in total. The first kappa shape index (κ1) is 23.2. The van der Waals surface area contributed by atoms with Crippen molar-refractivity contribution in [3.63, 3.8) is 0 Å². The predicted molar refractivity (Wildman–Crippen MR) is 130 cm³/mol. The third-order valence-corrected chi connectivity index (χ3v) is 6.34. The highest BCUT2D eigenvalue weighted by Gasteiger charge is 2.15. The van der Waals surface area contributed by atoms with Gasteiger partial charge in [-0.1, -0.05) is 15.9 Å². The van der Waals surface area contributed by atoms with Gasteiger partial charge in [-0.3, -0.25) is 30.2 Å². The summed E-state index contributed by atoms with van der Waals surface area (Å²) in [4.78, 5) is 28.8. The lowest BCUT2D eigenvalue weighted by Crippen LogP contribution is -1.94. The van der Waals surface area contributed by atoms with Gasteiger partial charge < -0.3 is 0 Å². The molecule has 0 aliphatic rings. The van der Waals surface area contributed by atoms with Gasteiger partial charge in [0.05, 0.1) is 9.85 Å². The van der Waals surface area contributed by atoms with Crippen LogP contribution in [0.15, 0.2) is 58.0 Å². The van der Waals surface area contributed by atoms with E-state index in [-0.39, 0.29) is 21.2 Å². The zero-order valence-corrected chi connectivity index (χ0v) is 20.6. The molecule has 0 aliphatic heterocycles. The predicted octanol–water partition coefficient (Wildman–Crippen LogP) is 7.01. The van der Waals surface area contributed by atoms with Crippen molar-refractivity contribution in [1.82, 2.24) is 9.97 Å². The molecule has 2 aromatic carbocycles. The number of halogens is 3. The van der Waals surface area contributed by atoms with Gasteiger partial charge in [0.25, 0.3) is 11.4 Å². The van der Waals surface area contributed by atoms with Gasteiger partial charge in [0, 0.05) is 73.1 Å². The number of nitrogens with zero attached hydrogens (tertiary/aromatic N) is 4. The highest BCUT2D eigenvalue weighted by Crippen LogP contribution is 2.31. The second-order valence-corrected chi connectivity index (χ2v) is 8.72. The third kappa shape index (κ3) is 5.05.